The molecule has 4 rings (SSSR count). The summed E-state index contributed by atoms with van der Waals surface area (Å²) in [7, 11) is 1.32. The summed E-state index contributed by atoms with van der Waals surface area (Å²) in [6, 6.07) is 23.7. The van der Waals surface area contributed by atoms with Crippen LogP contribution in [0.5, 0.6) is 0 Å². The van der Waals surface area contributed by atoms with Gasteiger partial charge in [-0.1, -0.05) is 71.8 Å². The zero-order valence-electron chi connectivity index (χ0n) is 20.6. The summed E-state index contributed by atoms with van der Waals surface area (Å²) in [5.74, 6) is 0. The number of hydrogen-bond donors (Lipinski definition) is 2. The molecule has 0 aliphatic carbocycles. The first-order valence-electron chi connectivity index (χ1n) is 11.8. The molecule has 36 heavy (non-hydrogen) atoms. The molecule has 8 nitrogen and oxygen atoms in total. The van der Waals surface area contributed by atoms with Crippen LogP contribution in [0.1, 0.15) is 28.3 Å². The topological polar surface area (TPSA) is 97.8 Å². The number of ether oxygens (including phenoxy) is 1. The molecule has 186 valence electrons. The van der Waals surface area contributed by atoms with E-state index in [1.807, 2.05) is 95.8 Å². The summed E-state index contributed by atoms with van der Waals surface area (Å²) in [5, 5.41) is 12.5. The number of fused-ring (bicyclic) bond motifs is 1. The van der Waals surface area contributed by atoms with E-state index in [9.17, 15) is 14.7 Å². The average Bonchev–Trinajstić information content (AvgIpc) is 3.16. The molecular formula is C28H30N4O4. The van der Waals surface area contributed by atoms with Gasteiger partial charge in [-0.05, 0) is 43.5 Å². The monoisotopic (exact) mass is 486 g/mol. The average molecular weight is 487 g/mol. The van der Waals surface area contributed by atoms with Crippen LogP contribution in [0.25, 0.3) is 11.0 Å². The Bertz CT molecular complexity index is 1430. The Morgan fingerprint density at radius 1 is 0.917 bits per heavy atom. The minimum absolute atomic E-state index is 0.228. The fraction of sp³-hybridized carbons (Fsp3) is 0.250. The number of imidazole rings is 1. The summed E-state index contributed by atoms with van der Waals surface area (Å²) >= 11 is 0. The third-order valence-electron chi connectivity index (χ3n) is 6.17. The molecule has 2 amide bonds. The zero-order chi connectivity index (χ0) is 25.7. The van der Waals surface area contributed by atoms with E-state index in [0.717, 1.165) is 33.3 Å². The summed E-state index contributed by atoms with van der Waals surface area (Å²) in [6.45, 7) is 4.73. The lowest BCUT2D eigenvalue weighted by Gasteiger charge is -2.21. The van der Waals surface area contributed by atoms with Gasteiger partial charge in [-0.2, -0.15) is 0 Å². The smallest absolute Gasteiger partial charge is 0.434 e. The Balaban J connectivity index is 1.90. The molecule has 8 heteroatoms. The van der Waals surface area contributed by atoms with Crippen LogP contribution in [0.3, 0.4) is 0 Å². The largest absolute Gasteiger partial charge is 0.463 e. The molecule has 3 aromatic carbocycles. The van der Waals surface area contributed by atoms with E-state index < -0.39 is 12.2 Å². The highest BCUT2D eigenvalue weighted by molar-refractivity contribution is 5.77. The van der Waals surface area contributed by atoms with Crippen molar-refractivity contribution in [3.8, 4) is 0 Å². The number of amides is 2. The number of carboxylic acid groups (broad SMARTS) is 1. The van der Waals surface area contributed by atoms with Gasteiger partial charge in [0.2, 0.25) is 5.62 Å². The first-order valence-corrected chi connectivity index (χ1v) is 11.8. The molecule has 0 saturated heterocycles. The van der Waals surface area contributed by atoms with Gasteiger partial charge < -0.3 is 24.3 Å². The summed E-state index contributed by atoms with van der Waals surface area (Å²) < 4.78 is 8.62. The normalized spacial score (nSPS) is 12.5. The van der Waals surface area contributed by atoms with Crippen molar-refractivity contribution >= 4 is 23.2 Å². The third-order valence-corrected chi connectivity index (χ3v) is 6.17. The lowest BCUT2D eigenvalue weighted by molar-refractivity contribution is 0.169. The second kappa shape index (κ2) is 10.9. The maximum atomic E-state index is 12.0. The molecular weight excluding hydrogens is 456 g/mol. The Morgan fingerprint density at radius 2 is 1.50 bits per heavy atom. The van der Waals surface area contributed by atoms with Crippen molar-refractivity contribution in [1.82, 2.24) is 14.5 Å². The number of hydrogen-bond acceptors (Lipinski definition) is 3. The lowest BCUT2D eigenvalue weighted by atomic mass is 10.0. The van der Waals surface area contributed by atoms with Crippen molar-refractivity contribution < 1.29 is 19.4 Å². The minimum atomic E-state index is -1.29. The van der Waals surface area contributed by atoms with Crippen molar-refractivity contribution in [2.45, 2.75) is 32.9 Å². The van der Waals surface area contributed by atoms with Gasteiger partial charge in [0.1, 0.15) is 0 Å². The Morgan fingerprint density at radius 3 is 2.08 bits per heavy atom. The number of aryl methyl sites for hydroxylation is 2. The number of rotatable bonds is 7. The summed E-state index contributed by atoms with van der Waals surface area (Å²) in [4.78, 5) is 27.9. The first kappa shape index (κ1) is 24.8. The third kappa shape index (κ3) is 5.66. The van der Waals surface area contributed by atoms with Crippen LogP contribution in [0.2, 0.25) is 0 Å². The molecule has 0 fully saturated rings. The Kier molecular flexibility index (Phi) is 7.53. The fourth-order valence-electron chi connectivity index (χ4n) is 4.36. The van der Waals surface area contributed by atoms with Crippen LogP contribution >= 0.6 is 0 Å². The summed E-state index contributed by atoms with van der Waals surface area (Å²) in [6.07, 6.45) is -1.29. The number of aromatic nitrogens is 2. The van der Waals surface area contributed by atoms with E-state index in [0.29, 0.717) is 18.6 Å². The van der Waals surface area contributed by atoms with Crippen LogP contribution in [0.15, 0.2) is 77.8 Å². The van der Waals surface area contributed by atoms with Gasteiger partial charge >= 0.3 is 12.2 Å². The summed E-state index contributed by atoms with van der Waals surface area (Å²) in [5.41, 5.74) is 6.35. The number of nitrogens with zero attached hydrogens (tertiary/aromatic N) is 3. The number of alkyl carbamates (subject to hydrolysis) is 1. The van der Waals surface area contributed by atoms with Gasteiger partial charge in [0, 0.05) is 6.54 Å². The first-order chi connectivity index (χ1) is 17.4. The number of nitrogens with one attached hydrogen (secondary N) is 1. The highest BCUT2D eigenvalue weighted by atomic mass is 16.5. The Labute approximate surface area is 209 Å². The minimum Gasteiger partial charge on any atom is -0.463 e. The van der Waals surface area contributed by atoms with E-state index in [1.54, 1.807) is 0 Å². The van der Waals surface area contributed by atoms with Gasteiger partial charge in [-0.3, -0.25) is 0 Å². The van der Waals surface area contributed by atoms with Crippen LogP contribution < -0.4 is 10.9 Å². The van der Waals surface area contributed by atoms with Crippen LogP contribution in [0, 0.1) is 13.8 Å². The number of carbonyl (C=O) groups excluding carboxylic acids is 1. The molecule has 1 unspecified atom stereocenters. The highest BCUT2D eigenvalue weighted by Crippen LogP contribution is 2.22. The quantitative estimate of drug-likeness (QED) is 0.391. The molecule has 4 aromatic rings. The van der Waals surface area contributed by atoms with E-state index in [2.05, 4.69) is 10.3 Å². The predicted molar refractivity (Wildman–Crippen MR) is 138 cm³/mol. The van der Waals surface area contributed by atoms with E-state index in [-0.39, 0.29) is 12.6 Å². The molecule has 0 aliphatic heterocycles. The van der Waals surface area contributed by atoms with Crippen LogP contribution in [-0.4, -0.2) is 40.1 Å². The lowest BCUT2D eigenvalue weighted by Crippen LogP contribution is -2.37. The molecule has 1 atom stereocenters. The van der Waals surface area contributed by atoms with Crippen molar-refractivity contribution in [2.75, 3.05) is 13.7 Å². The van der Waals surface area contributed by atoms with Crippen molar-refractivity contribution in [1.29, 1.82) is 0 Å². The van der Waals surface area contributed by atoms with Crippen LogP contribution in [0.4, 0.5) is 9.59 Å². The highest BCUT2D eigenvalue weighted by Gasteiger charge is 2.22. The molecule has 0 spiro atoms. The molecule has 0 bridgehead atoms. The van der Waals surface area contributed by atoms with E-state index in [4.69, 9.17) is 4.74 Å². The van der Waals surface area contributed by atoms with Crippen molar-refractivity contribution in [2.24, 2.45) is 4.99 Å². The van der Waals surface area contributed by atoms with Gasteiger partial charge in [0.05, 0.1) is 30.7 Å². The number of methoxy groups -OCH3 is 1. The SMILES string of the molecule is COC(=O)NCC(Cc1ccc(C)cc1)n1/c(=N/C(=O)O)n(Cc2ccc(C)cc2)c2ccccc21. The molecule has 0 aliphatic rings. The predicted octanol–water partition coefficient (Wildman–Crippen LogP) is 4.83. The van der Waals surface area contributed by atoms with Crippen LogP contribution in [-0.2, 0) is 17.7 Å². The molecule has 2 N–H and O–H groups in total. The maximum Gasteiger partial charge on any atom is 0.434 e. The van der Waals surface area contributed by atoms with Gasteiger partial charge in [-0.15, -0.1) is 4.99 Å². The zero-order valence-corrected chi connectivity index (χ0v) is 20.6. The molecule has 1 heterocycles. The second-order valence-electron chi connectivity index (χ2n) is 8.84. The second-order valence-corrected chi connectivity index (χ2v) is 8.84. The van der Waals surface area contributed by atoms with Crippen molar-refractivity contribution in [3.05, 3.63) is 101 Å². The fourth-order valence-corrected chi connectivity index (χ4v) is 4.36. The molecule has 0 saturated carbocycles. The van der Waals surface area contributed by atoms with Gasteiger partial charge in [-0.25, -0.2) is 9.59 Å². The molecule has 0 radical (unpaired) electrons. The standard InChI is InChI=1S/C28H30N4O4/c1-19-8-12-21(13-9-19)16-23(17-29-28(35)36-3)32-25-7-5-4-6-24(25)31(26(32)30-27(33)34)18-22-14-10-20(2)11-15-22/h4-15,23H,16-18H2,1-3H3,(H,29,35)(H,33,34)/b30-26+. The van der Waals surface area contributed by atoms with E-state index >= 15 is 0 Å². The number of carbonyl (C=O) groups is 2. The number of benzene rings is 3. The Hall–Kier alpha value is -4.33. The molecule has 1 aromatic heterocycles. The van der Waals surface area contributed by atoms with E-state index in [1.165, 1.54) is 7.11 Å². The van der Waals surface area contributed by atoms with Gasteiger partial charge in [0.25, 0.3) is 0 Å². The van der Waals surface area contributed by atoms with Crippen molar-refractivity contribution in [3.63, 3.8) is 0 Å². The maximum absolute atomic E-state index is 12.0. The number of para-hydroxylation sites is 2. The van der Waals surface area contributed by atoms with Gasteiger partial charge in [0.15, 0.2) is 0 Å².